The van der Waals surface area contributed by atoms with Gasteiger partial charge >= 0.3 is 0 Å². The first kappa shape index (κ1) is 18.5. The largest absolute Gasteiger partial charge is 0.492 e. The molecule has 1 saturated heterocycles. The highest BCUT2D eigenvalue weighted by molar-refractivity contribution is 6.30. The van der Waals surface area contributed by atoms with Crippen molar-refractivity contribution in [3.63, 3.8) is 0 Å². The van der Waals surface area contributed by atoms with Crippen LogP contribution in [0.3, 0.4) is 0 Å². The van der Waals surface area contributed by atoms with Crippen molar-refractivity contribution in [1.82, 2.24) is 4.90 Å². The average Bonchev–Trinajstić information content (AvgIpc) is 2.55. The summed E-state index contributed by atoms with van der Waals surface area (Å²) in [6, 6.07) is 15.6. The van der Waals surface area contributed by atoms with Crippen molar-refractivity contribution >= 4 is 29.7 Å². The molecule has 1 aliphatic rings. The lowest BCUT2D eigenvalue weighted by molar-refractivity contribution is 0.0843. The van der Waals surface area contributed by atoms with Gasteiger partial charge in [0.05, 0.1) is 12.2 Å². The minimum Gasteiger partial charge on any atom is -0.492 e. The van der Waals surface area contributed by atoms with Gasteiger partial charge in [0.1, 0.15) is 24.4 Å². The number of morpholine rings is 1. The lowest BCUT2D eigenvalue weighted by atomic mass is 10.2. The second-order valence-electron chi connectivity index (χ2n) is 5.43. The molecule has 0 atom stereocenters. The predicted octanol–water partition coefficient (Wildman–Crippen LogP) is 4.10. The molecule has 24 heavy (non-hydrogen) atoms. The number of benzene rings is 2. The maximum atomic E-state index is 5.88. The van der Waals surface area contributed by atoms with Crippen molar-refractivity contribution in [3.8, 4) is 5.75 Å². The van der Waals surface area contributed by atoms with Crippen LogP contribution in [0.5, 0.6) is 5.75 Å². The van der Waals surface area contributed by atoms with E-state index in [9.17, 15) is 0 Å². The van der Waals surface area contributed by atoms with Gasteiger partial charge in [-0.2, -0.15) is 0 Å². The zero-order chi connectivity index (χ0) is 16.1. The lowest BCUT2D eigenvalue weighted by Crippen LogP contribution is -2.34. The predicted molar refractivity (Wildman–Crippen MR) is 99.5 cm³/mol. The van der Waals surface area contributed by atoms with E-state index in [-0.39, 0.29) is 12.4 Å². The second-order valence-corrected chi connectivity index (χ2v) is 5.87. The van der Waals surface area contributed by atoms with E-state index in [4.69, 9.17) is 26.8 Å². The summed E-state index contributed by atoms with van der Waals surface area (Å²) in [5.74, 6) is 1.37. The monoisotopic (exact) mass is 366 g/mol. The van der Waals surface area contributed by atoms with Crippen molar-refractivity contribution in [1.29, 1.82) is 0 Å². The smallest absolute Gasteiger partial charge is 0.149 e. The lowest BCUT2D eigenvalue weighted by Gasteiger charge is -2.28. The Kier molecular flexibility index (Phi) is 6.79. The fourth-order valence-corrected chi connectivity index (χ4v) is 2.64. The van der Waals surface area contributed by atoms with Gasteiger partial charge in [0.15, 0.2) is 0 Å². The molecule has 0 unspecified atom stereocenters. The first-order valence-corrected chi connectivity index (χ1v) is 7.88. The van der Waals surface area contributed by atoms with Crippen LogP contribution in [0.25, 0.3) is 0 Å². The van der Waals surface area contributed by atoms with Crippen molar-refractivity contribution in [2.45, 2.75) is 6.54 Å². The standard InChI is InChI=1S/C18H19ClN2O2.ClH/c19-15-6-7-18(17(20)10-15)23-13-16-12-21(8-9-22-16)11-14-4-2-1-3-5-14;/h1-7,10,13H,8-9,11-12,20H2;1H. The third-order valence-electron chi connectivity index (χ3n) is 3.61. The molecule has 1 aliphatic heterocycles. The van der Waals surface area contributed by atoms with Gasteiger partial charge in [-0.05, 0) is 23.8 Å². The van der Waals surface area contributed by atoms with Gasteiger partial charge < -0.3 is 15.2 Å². The molecule has 2 aromatic rings. The fourth-order valence-electron chi connectivity index (χ4n) is 2.45. The molecule has 3 rings (SSSR count). The number of nitrogens with two attached hydrogens (primary N) is 1. The van der Waals surface area contributed by atoms with E-state index in [1.807, 2.05) is 6.07 Å². The van der Waals surface area contributed by atoms with E-state index in [2.05, 4.69) is 29.2 Å². The number of rotatable bonds is 4. The molecule has 0 amide bonds. The number of halogens is 2. The van der Waals surface area contributed by atoms with Crippen LogP contribution in [0, 0.1) is 0 Å². The molecule has 0 spiro atoms. The van der Waals surface area contributed by atoms with Crippen LogP contribution in [0.15, 0.2) is 60.6 Å². The van der Waals surface area contributed by atoms with Crippen molar-refractivity contribution in [2.24, 2.45) is 0 Å². The van der Waals surface area contributed by atoms with Crippen molar-refractivity contribution < 1.29 is 9.47 Å². The van der Waals surface area contributed by atoms with E-state index in [1.165, 1.54) is 5.56 Å². The Labute approximate surface area is 153 Å². The Morgan fingerprint density at radius 2 is 2.00 bits per heavy atom. The van der Waals surface area contributed by atoms with Crippen LogP contribution >= 0.6 is 24.0 Å². The first-order valence-electron chi connectivity index (χ1n) is 7.50. The fraction of sp³-hybridized carbons (Fsp3) is 0.222. The van der Waals surface area contributed by atoms with E-state index in [0.717, 1.165) is 18.8 Å². The highest BCUT2D eigenvalue weighted by Gasteiger charge is 2.16. The van der Waals surface area contributed by atoms with Crippen molar-refractivity contribution in [2.75, 3.05) is 25.4 Å². The summed E-state index contributed by atoms with van der Waals surface area (Å²) < 4.78 is 11.3. The van der Waals surface area contributed by atoms with Crippen LogP contribution in [-0.4, -0.2) is 24.6 Å². The Bertz CT molecular complexity index is 693. The Morgan fingerprint density at radius 1 is 1.21 bits per heavy atom. The maximum absolute atomic E-state index is 5.88. The number of nitrogen functional groups attached to an aromatic ring is 1. The number of hydrogen-bond acceptors (Lipinski definition) is 4. The summed E-state index contributed by atoms with van der Waals surface area (Å²) in [6.45, 7) is 3.15. The van der Waals surface area contributed by atoms with Gasteiger partial charge in [0, 0.05) is 18.1 Å². The number of anilines is 1. The SMILES string of the molecule is Cl.Nc1cc(Cl)ccc1OC=C1CN(Cc2ccccc2)CCO1. The zero-order valence-electron chi connectivity index (χ0n) is 13.2. The molecule has 1 fully saturated rings. The third kappa shape index (κ3) is 5.06. The Hall–Kier alpha value is -1.88. The van der Waals surface area contributed by atoms with Gasteiger partial charge in [-0.3, -0.25) is 4.90 Å². The minimum absolute atomic E-state index is 0. The molecule has 0 aliphatic carbocycles. The maximum Gasteiger partial charge on any atom is 0.149 e. The number of hydrogen-bond donors (Lipinski definition) is 1. The van der Waals surface area contributed by atoms with Crippen LogP contribution in [0.1, 0.15) is 5.56 Å². The number of ether oxygens (including phenoxy) is 2. The van der Waals surface area contributed by atoms with Crippen LogP contribution < -0.4 is 10.5 Å². The molecule has 2 N–H and O–H groups in total. The summed E-state index contributed by atoms with van der Waals surface area (Å²) in [6.07, 6.45) is 1.62. The van der Waals surface area contributed by atoms with Gasteiger partial charge in [0.25, 0.3) is 0 Å². The molecule has 2 aromatic carbocycles. The summed E-state index contributed by atoms with van der Waals surface area (Å²) in [5.41, 5.74) is 7.67. The molecular weight excluding hydrogens is 347 g/mol. The molecule has 0 saturated carbocycles. The van der Waals surface area contributed by atoms with E-state index < -0.39 is 0 Å². The van der Waals surface area contributed by atoms with E-state index in [1.54, 1.807) is 24.5 Å². The Morgan fingerprint density at radius 3 is 2.75 bits per heavy atom. The minimum atomic E-state index is 0. The summed E-state index contributed by atoms with van der Waals surface area (Å²) in [7, 11) is 0. The Balaban J connectivity index is 0.00000208. The van der Waals surface area contributed by atoms with Crippen molar-refractivity contribution in [3.05, 3.63) is 71.1 Å². The average molecular weight is 367 g/mol. The second kappa shape index (κ2) is 8.83. The van der Waals surface area contributed by atoms with Gasteiger partial charge in [-0.25, -0.2) is 0 Å². The molecule has 0 aromatic heterocycles. The third-order valence-corrected chi connectivity index (χ3v) is 3.85. The van der Waals surface area contributed by atoms with E-state index in [0.29, 0.717) is 29.6 Å². The van der Waals surface area contributed by atoms with Gasteiger partial charge in [-0.15, -0.1) is 12.4 Å². The zero-order valence-corrected chi connectivity index (χ0v) is 14.7. The van der Waals surface area contributed by atoms with Crippen LogP contribution in [0.2, 0.25) is 5.02 Å². The van der Waals surface area contributed by atoms with Gasteiger partial charge in [0.2, 0.25) is 0 Å². The molecule has 1 heterocycles. The van der Waals surface area contributed by atoms with E-state index >= 15 is 0 Å². The normalized spacial score (nSPS) is 16.3. The molecule has 6 heteroatoms. The topological polar surface area (TPSA) is 47.7 Å². The van der Waals surface area contributed by atoms with Crippen LogP contribution in [-0.2, 0) is 11.3 Å². The van der Waals surface area contributed by atoms with Gasteiger partial charge in [-0.1, -0.05) is 41.9 Å². The molecule has 0 radical (unpaired) electrons. The molecule has 4 nitrogen and oxygen atoms in total. The summed E-state index contributed by atoms with van der Waals surface area (Å²) >= 11 is 5.88. The highest BCUT2D eigenvalue weighted by atomic mass is 35.5. The van der Waals surface area contributed by atoms with Crippen LogP contribution in [0.4, 0.5) is 5.69 Å². The molecule has 128 valence electrons. The summed E-state index contributed by atoms with van der Waals surface area (Å²) in [4.78, 5) is 2.32. The first-order chi connectivity index (χ1) is 11.2. The number of nitrogens with zero attached hydrogens (tertiary/aromatic N) is 1. The quantitative estimate of drug-likeness (QED) is 0.653. The molecular formula is C18H20Cl2N2O2. The molecule has 0 bridgehead atoms. The summed E-state index contributed by atoms with van der Waals surface area (Å²) in [5, 5.41) is 0.588. The highest BCUT2D eigenvalue weighted by Crippen LogP contribution is 2.25.